The SMILES string of the molecule is O=C(N[C@@H]1CO[C@H]2[C@@H]1OC[C@H]2OCc1ccccc1)/C(=C/c1ccc2c(c1)OCO2)NC(=O)c1ccccc1. The maximum Gasteiger partial charge on any atom is 0.268 e. The molecule has 0 spiro atoms. The Kier molecular flexibility index (Phi) is 7.27. The van der Waals surface area contributed by atoms with E-state index in [9.17, 15) is 9.59 Å². The molecule has 0 aromatic heterocycles. The average molecular weight is 529 g/mol. The zero-order chi connectivity index (χ0) is 26.6. The minimum Gasteiger partial charge on any atom is -0.454 e. The molecule has 0 unspecified atom stereocenters. The number of ether oxygens (including phenoxy) is 5. The molecule has 3 aliphatic heterocycles. The molecule has 0 radical (unpaired) electrons. The van der Waals surface area contributed by atoms with Crippen molar-refractivity contribution in [1.82, 2.24) is 10.6 Å². The van der Waals surface area contributed by atoms with E-state index < -0.39 is 17.9 Å². The molecule has 0 aliphatic carbocycles. The van der Waals surface area contributed by atoms with E-state index in [0.29, 0.717) is 35.8 Å². The Balaban J connectivity index is 1.15. The fraction of sp³-hybridized carbons (Fsp3) is 0.267. The first-order chi connectivity index (χ1) is 19.1. The highest BCUT2D eigenvalue weighted by Crippen LogP contribution is 2.33. The number of amides is 2. The van der Waals surface area contributed by atoms with Gasteiger partial charge in [0.1, 0.15) is 24.0 Å². The third-order valence-electron chi connectivity index (χ3n) is 6.87. The number of benzene rings is 3. The Bertz CT molecular complexity index is 1360. The van der Waals surface area contributed by atoms with Crippen LogP contribution in [-0.4, -0.2) is 56.2 Å². The summed E-state index contributed by atoms with van der Waals surface area (Å²) in [5, 5.41) is 5.75. The van der Waals surface area contributed by atoms with Crippen LogP contribution in [0.2, 0.25) is 0 Å². The molecule has 2 fully saturated rings. The van der Waals surface area contributed by atoms with Gasteiger partial charge in [0.05, 0.1) is 25.9 Å². The van der Waals surface area contributed by atoms with Crippen LogP contribution < -0.4 is 20.1 Å². The molecule has 9 nitrogen and oxygen atoms in total. The number of hydrogen-bond donors (Lipinski definition) is 2. The highest BCUT2D eigenvalue weighted by atomic mass is 16.7. The summed E-state index contributed by atoms with van der Waals surface area (Å²) in [5.41, 5.74) is 2.26. The Labute approximate surface area is 225 Å². The van der Waals surface area contributed by atoms with Crippen molar-refractivity contribution in [2.75, 3.05) is 20.0 Å². The summed E-state index contributed by atoms with van der Waals surface area (Å²) in [5.74, 6) is 0.349. The minimum atomic E-state index is -0.455. The summed E-state index contributed by atoms with van der Waals surface area (Å²) < 4.78 is 28.9. The van der Waals surface area contributed by atoms with Crippen molar-refractivity contribution in [2.24, 2.45) is 0 Å². The van der Waals surface area contributed by atoms with Gasteiger partial charge < -0.3 is 34.3 Å². The maximum absolute atomic E-state index is 13.5. The standard InChI is InChI=1S/C30H28N2O7/c33-29(21-9-5-2-6-10-21)31-22(13-20-11-12-24-25(14-20)39-18-38-24)30(34)32-23-16-36-28-26(17-37-27(23)28)35-15-19-7-3-1-4-8-19/h1-14,23,26-28H,15-18H2,(H,31,33)(H,32,34)/b22-13-/t23-,26-,27-,28-/m1/s1. The molecule has 6 rings (SSSR count). The molecule has 200 valence electrons. The van der Waals surface area contributed by atoms with E-state index in [0.717, 1.165) is 5.56 Å². The van der Waals surface area contributed by atoms with E-state index in [2.05, 4.69) is 10.6 Å². The normalized spacial score (nSPS) is 23.3. The van der Waals surface area contributed by atoms with Crippen LogP contribution in [0.3, 0.4) is 0 Å². The van der Waals surface area contributed by atoms with Crippen LogP contribution >= 0.6 is 0 Å². The zero-order valence-electron chi connectivity index (χ0n) is 21.1. The third kappa shape index (κ3) is 5.65. The van der Waals surface area contributed by atoms with Gasteiger partial charge in [0.25, 0.3) is 11.8 Å². The molecule has 39 heavy (non-hydrogen) atoms. The molecule has 0 bridgehead atoms. The monoisotopic (exact) mass is 528 g/mol. The molecule has 4 atom stereocenters. The van der Waals surface area contributed by atoms with Gasteiger partial charge in [-0.2, -0.15) is 0 Å². The van der Waals surface area contributed by atoms with Crippen LogP contribution in [0.1, 0.15) is 21.5 Å². The Hall–Kier alpha value is -4.18. The Morgan fingerprint density at radius 1 is 0.872 bits per heavy atom. The fourth-order valence-corrected chi connectivity index (χ4v) is 4.87. The number of hydrogen-bond acceptors (Lipinski definition) is 7. The first-order valence-corrected chi connectivity index (χ1v) is 12.8. The second-order valence-corrected chi connectivity index (χ2v) is 9.50. The van der Waals surface area contributed by atoms with E-state index in [1.807, 2.05) is 36.4 Å². The molecule has 3 aromatic rings. The van der Waals surface area contributed by atoms with Gasteiger partial charge in [-0.15, -0.1) is 0 Å². The summed E-state index contributed by atoms with van der Waals surface area (Å²) in [4.78, 5) is 26.4. The summed E-state index contributed by atoms with van der Waals surface area (Å²) >= 11 is 0. The van der Waals surface area contributed by atoms with Gasteiger partial charge in [-0.1, -0.05) is 54.6 Å². The summed E-state index contributed by atoms with van der Waals surface area (Å²) in [6, 6.07) is 23.5. The largest absolute Gasteiger partial charge is 0.454 e. The lowest BCUT2D eigenvalue weighted by Crippen LogP contribution is -2.46. The van der Waals surface area contributed by atoms with Gasteiger partial charge >= 0.3 is 0 Å². The van der Waals surface area contributed by atoms with E-state index >= 15 is 0 Å². The van der Waals surface area contributed by atoms with Crippen LogP contribution in [-0.2, 0) is 25.6 Å². The van der Waals surface area contributed by atoms with Gasteiger partial charge in [0.2, 0.25) is 6.79 Å². The van der Waals surface area contributed by atoms with Crippen molar-refractivity contribution in [3.63, 3.8) is 0 Å². The zero-order valence-corrected chi connectivity index (χ0v) is 21.1. The van der Waals surface area contributed by atoms with Crippen molar-refractivity contribution >= 4 is 17.9 Å². The van der Waals surface area contributed by atoms with Crippen molar-refractivity contribution < 1.29 is 33.3 Å². The van der Waals surface area contributed by atoms with Crippen LogP contribution in [0, 0.1) is 0 Å². The molecule has 2 saturated heterocycles. The lowest BCUT2D eigenvalue weighted by atomic mass is 10.1. The van der Waals surface area contributed by atoms with Crippen LogP contribution in [0.25, 0.3) is 6.08 Å². The van der Waals surface area contributed by atoms with Crippen LogP contribution in [0.4, 0.5) is 0 Å². The first kappa shape index (κ1) is 25.1. The number of nitrogens with one attached hydrogen (secondary N) is 2. The number of carbonyl (C=O) groups is 2. The first-order valence-electron chi connectivity index (χ1n) is 12.8. The molecule has 3 aromatic carbocycles. The van der Waals surface area contributed by atoms with E-state index in [-0.39, 0.29) is 37.4 Å². The van der Waals surface area contributed by atoms with Gasteiger partial charge in [0.15, 0.2) is 11.5 Å². The summed E-state index contributed by atoms with van der Waals surface area (Å²) in [6.45, 7) is 1.24. The Morgan fingerprint density at radius 3 is 2.44 bits per heavy atom. The van der Waals surface area contributed by atoms with E-state index in [1.165, 1.54) is 0 Å². The van der Waals surface area contributed by atoms with Crippen molar-refractivity contribution in [1.29, 1.82) is 0 Å². The molecule has 2 N–H and O–H groups in total. The topological polar surface area (TPSA) is 104 Å². The predicted octanol–water partition coefficient (Wildman–Crippen LogP) is 3.05. The quantitative estimate of drug-likeness (QED) is 0.433. The van der Waals surface area contributed by atoms with Crippen LogP contribution in [0.15, 0.2) is 84.6 Å². The smallest absolute Gasteiger partial charge is 0.268 e. The highest BCUT2D eigenvalue weighted by molar-refractivity contribution is 6.05. The molecule has 2 amide bonds. The third-order valence-corrected chi connectivity index (χ3v) is 6.87. The summed E-state index contributed by atoms with van der Waals surface area (Å²) in [7, 11) is 0. The number of rotatable bonds is 8. The maximum atomic E-state index is 13.5. The Morgan fingerprint density at radius 2 is 1.62 bits per heavy atom. The van der Waals surface area contributed by atoms with Crippen LogP contribution in [0.5, 0.6) is 11.5 Å². The van der Waals surface area contributed by atoms with Gasteiger partial charge in [0, 0.05) is 5.56 Å². The van der Waals surface area contributed by atoms with Gasteiger partial charge in [-0.25, -0.2) is 0 Å². The van der Waals surface area contributed by atoms with E-state index in [4.69, 9.17) is 23.7 Å². The highest BCUT2D eigenvalue weighted by Gasteiger charge is 2.49. The van der Waals surface area contributed by atoms with Gasteiger partial charge in [-0.05, 0) is 41.5 Å². The summed E-state index contributed by atoms with van der Waals surface area (Å²) in [6.07, 6.45) is 0.719. The molecule has 3 aliphatic rings. The lowest BCUT2D eigenvalue weighted by Gasteiger charge is -2.19. The molecule has 3 heterocycles. The second-order valence-electron chi connectivity index (χ2n) is 9.50. The van der Waals surface area contributed by atoms with Gasteiger partial charge in [-0.3, -0.25) is 9.59 Å². The average Bonchev–Trinajstić information content (AvgIpc) is 3.70. The molecular weight excluding hydrogens is 500 g/mol. The minimum absolute atomic E-state index is 0.0843. The number of carbonyl (C=O) groups excluding carboxylic acids is 2. The van der Waals surface area contributed by atoms with E-state index in [1.54, 1.807) is 48.5 Å². The second kappa shape index (κ2) is 11.3. The molecule has 9 heteroatoms. The lowest BCUT2D eigenvalue weighted by molar-refractivity contribution is -0.119. The van der Waals surface area contributed by atoms with Crippen molar-refractivity contribution in [3.05, 3.63) is 101 Å². The van der Waals surface area contributed by atoms with Crippen molar-refractivity contribution in [2.45, 2.75) is 31.0 Å². The fourth-order valence-electron chi connectivity index (χ4n) is 4.87. The number of fused-ring (bicyclic) bond motifs is 2. The predicted molar refractivity (Wildman–Crippen MR) is 141 cm³/mol. The molecular formula is C30H28N2O7. The molecule has 0 saturated carbocycles. The van der Waals surface area contributed by atoms with Crippen molar-refractivity contribution in [3.8, 4) is 11.5 Å².